The lowest BCUT2D eigenvalue weighted by molar-refractivity contribution is 0.0788. The Morgan fingerprint density at radius 2 is 2.10 bits per heavy atom. The summed E-state index contributed by atoms with van der Waals surface area (Å²) in [7, 11) is 1.57. The van der Waals surface area contributed by atoms with Crippen molar-refractivity contribution in [1.29, 1.82) is 0 Å². The van der Waals surface area contributed by atoms with E-state index in [1.54, 1.807) is 7.05 Å². The van der Waals surface area contributed by atoms with E-state index in [9.17, 15) is 14.0 Å². The fourth-order valence-corrected chi connectivity index (χ4v) is 1.68. The number of amides is 2. The van der Waals surface area contributed by atoms with Crippen molar-refractivity contribution in [3.05, 3.63) is 29.6 Å². The number of carboxylic acid groups (broad SMARTS) is 1. The predicted molar refractivity (Wildman–Crippen MR) is 73.0 cm³/mol. The standard InChI is InChI=1S/C13H18FN3O3/c1-17(7-3-2-6-16-13(19)20)12(18)10-5-4-9(15)8-11(10)14/h4-5,8,16H,2-3,6-7,15H2,1H3,(H,19,20). The second-order valence-electron chi connectivity index (χ2n) is 4.41. The average molecular weight is 283 g/mol. The number of nitrogens with zero attached hydrogens (tertiary/aromatic N) is 1. The molecule has 0 atom stereocenters. The largest absolute Gasteiger partial charge is 0.465 e. The highest BCUT2D eigenvalue weighted by atomic mass is 19.1. The molecule has 0 aliphatic rings. The van der Waals surface area contributed by atoms with Crippen LogP contribution in [-0.4, -0.2) is 42.1 Å². The number of carbonyl (C=O) groups excluding carboxylic acids is 1. The maximum absolute atomic E-state index is 13.6. The minimum absolute atomic E-state index is 0.0228. The van der Waals surface area contributed by atoms with Gasteiger partial charge in [0.15, 0.2) is 0 Å². The van der Waals surface area contributed by atoms with Crippen molar-refractivity contribution in [2.24, 2.45) is 0 Å². The molecule has 0 fully saturated rings. The number of unbranched alkanes of at least 4 members (excludes halogenated alkanes) is 1. The lowest BCUT2D eigenvalue weighted by Crippen LogP contribution is -2.29. The molecule has 1 aromatic rings. The molecule has 4 N–H and O–H groups in total. The zero-order valence-corrected chi connectivity index (χ0v) is 11.2. The number of nitrogens with one attached hydrogen (secondary N) is 1. The van der Waals surface area contributed by atoms with E-state index in [-0.39, 0.29) is 11.3 Å². The molecule has 1 rings (SSSR count). The van der Waals surface area contributed by atoms with Gasteiger partial charge in [0, 0.05) is 25.8 Å². The topological polar surface area (TPSA) is 95.7 Å². The number of nitrogen functional groups attached to an aromatic ring is 1. The third-order valence-corrected chi connectivity index (χ3v) is 2.77. The van der Waals surface area contributed by atoms with Crippen LogP contribution in [0.15, 0.2) is 18.2 Å². The second-order valence-corrected chi connectivity index (χ2v) is 4.41. The highest BCUT2D eigenvalue weighted by Crippen LogP contribution is 2.13. The molecule has 2 amide bonds. The third kappa shape index (κ3) is 4.75. The highest BCUT2D eigenvalue weighted by molar-refractivity contribution is 5.94. The fraction of sp³-hybridized carbons (Fsp3) is 0.385. The fourth-order valence-electron chi connectivity index (χ4n) is 1.68. The summed E-state index contributed by atoms with van der Waals surface area (Å²) in [6.45, 7) is 0.748. The molecule has 0 spiro atoms. The second kappa shape index (κ2) is 7.32. The molecular weight excluding hydrogens is 265 g/mol. The Morgan fingerprint density at radius 3 is 2.70 bits per heavy atom. The van der Waals surface area contributed by atoms with E-state index in [1.165, 1.54) is 17.0 Å². The summed E-state index contributed by atoms with van der Waals surface area (Å²) in [4.78, 5) is 23.6. The summed E-state index contributed by atoms with van der Waals surface area (Å²) in [5.74, 6) is -1.07. The first-order valence-corrected chi connectivity index (χ1v) is 6.19. The van der Waals surface area contributed by atoms with Crippen LogP contribution in [0.25, 0.3) is 0 Å². The van der Waals surface area contributed by atoms with Crippen LogP contribution in [-0.2, 0) is 0 Å². The van der Waals surface area contributed by atoms with Crippen molar-refractivity contribution in [1.82, 2.24) is 10.2 Å². The third-order valence-electron chi connectivity index (χ3n) is 2.77. The van der Waals surface area contributed by atoms with Crippen LogP contribution in [0.2, 0.25) is 0 Å². The van der Waals surface area contributed by atoms with Crippen molar-refractivity contribution in [2.75, 3.05) is 25.9 Å². The van der Waals surface area contributed by atoms with Crippen LogP contribution < -0.4 is 11.1 Å². The van der Waals surface area contributed by atoms with Crippen LogP contribution in [0.3, 0.4) is 0 Å². The number of anilines is 1. The zero-order valence-electron chi connectivity index (χ0n) is 11.2. The summed E-state index contributed by atoms with van der Waals surface area (Å²) < 4.78 is 13.6. The van der Waals surface area contributed by atoms with Gasteiger partial charge in [-0.15, -0.1) is 0 Å². The molecule has 0 bridgehead atoms. The number of hydrogen-bond acceptors (Lipinski definition) is 3. The number of halogens is 1. The van der Waals surface area contributed by atoms with Crippen molar-refractivity contribution in [3.8, 4) is 0 Å². The molecular formula is C13H18FN3O3. The van der Waals surface area contributed by atoms with E-state index in [1.807, 2.05) is 0 Å². The average Bonchev–Trinajstić information content (AvgIpc) is 2.37. The molecule has 0 radical (unpaired) electrons. The Morgan fingerprint density at radius 1 is 1.40 bits per heavy atom. The number of nitrogens with two attached hydrogens (primary N) is 1. The quantitative estimate of drug-likeness (QED) is 0.545. The van der Waals surface area contributed by atoms with E-state index in [0.717, 1.165) is 6.07 Å². The summed E-state index contributed by atoms with van der Waals surface area (Å²) in [5, 5.41) is 10.6. The van der Waals surface area contributed by atoms with Crippen molar-refractivity contribution in [2.45, 2.75) is 12.8 Å². The van der Waals surface area contributed by atoms with Gasteiger partial charge in [0.05, 0.1) is 5.56 Å². The summed E-state index contributed by atoms with van der Waals surface area (Å²) in [6, 6.07) is 3.94. The van der Waals surface area contributed by atoms with Crippen molar-refractivity contribution >= 4 is 17.7 Å². The first-order chi connectivity index (χ1) is 9.41. The normalized spacial score (nSPS) is 10.1. The van der Waals surface area contributed by atoms with Gasteiger partial charge in [0.1, 0.15) is 5.82 Å². The van der Waals surface area contributed by atoms with E-state index >= 15 is 0 Å². The van der Waals surface area contributed by atoms with Crippen LogP contribution >= 0.6 is 0 Å². The smallest absolute Gasteiger partial charge is 0.404 e. The van der Waals surface area contributed by atoms with Crippen LogP contribution in [0.4, 0.5) is 14.9 Å². The summed E-state index contributed by atoms with van der Waals surface area (Å²) in [6.07, 6.45) is 0.158. The summed E-state index contributed by atoms with van der Waals surface area (Å²) in [5.41, 5.74) is 5.66. The van der Waals surface area contributed by atoms with E-state index < -0.39 is 17.8 Å². The number of carbonyl (C=O) groups is 2. The molecule has 0 aromatic heterocycles. The van der Waals surface area contributed by atoms with Crippen LogP contribution in [0.5, 0.6) is 0 Å². The maximum atomic E-state index is 13.6. The molecule has 0 unspecified atom stereocenters. The Hall–Kier alpha value is -2.31. The lowest BCUT2D eigenvalue weighted by Gasteiger charge is -2.17. The highest BCUT2D eigenvalue weighted by Gasteiger charge is 2.15. The first kappa shape index (κ1) is 15.7. The Bertz CT molecular complexity index is 494. The molecule has 20 heavy (non-hydrogen) atoms. The SMILES string of the molecule is CN(CCCCNC(=O)O)C(=O)c1ccc(N)cc1F. The van der Waals surface area contributed by atoms with E-state index in [0.29, 0.717) is 25.9 Å². The van der Waals surface area contributed by atoms with Crippen molar-refractivity contribution < 1.29 is 19.1 Å². The molecule has 6 nitrogen and oxygen atoms in total. The molecule has 7 heteroatoms. The Balaban J connectivity index is 2.44. The van der Waals surface area contributed by atoms with Gasteiger partial charge in [-0.2, -0.15) is 0 Å². The van der Waals surface area contributed by atoms with Gasteiger partial charge in [0.2, 0.25) is 0 Å². The van der Waals surface area contributed by atoms with Gasteiger partial charge in [-0.1, -0.05) is 0 Å². The molecule has 0 aliphatic heterocycles. The predicted octanol–water partition coefficient (Wildman–Crippen LogP) is 1.53. The number of benzene rings is 1. The monoisotopic (exact) mass is 283 g/mol. The van der Waals surface area contributed by atoms with Crippen molar-refractivity contribution in [3.63, 3.8) is 0 Å². The van der Waals surface area contributed by atoms with E-state index in [4.69, 9.17) is 10.8 Å². The molecule has 1 aromatic carbocycles. The summed E-state index contributed by atoms with van der Waals surface area (Å²) >= 11 is 0. The molecule has 110 valence electrons. The van der Waals surface area contributed by atoms with E-state index in [2.05, 4.69) is 5.32 Å². The first-order valence-electron chi connectivity index (χ1n) is 6.19. The van der Waals surface area contributed by atoms with Crippen LogP contribution in [0.1, 0.15) is 23.2 Å². The lowest BCUT2D eigenvalue weighted by atomic mass is 10.1. The Kier molecular flexibility index (Phi) is 5.76. The van der Waals surface area contributed by atoms with Gasteiger partial charge in [-0.3, -0.25) is 4.79 Å². The molecule has 0 saturated carbocycles. The number of hydrogen-bond donors (Lipinski definition) is 3. The maximum Gasteiger partial charge on any atom is 0.404 e. The van der Waals surface area contributed by atoms with Crippen LogP contribution in [0, 0.1) is 5.82 Å². The molecule has 0 aliphatic carbocycles. The van der Waals surface area contributed by atoms with Gasteiger partial charge in [-0.25, -0.2) is 9.18 Å². The minimum atomic E-state index is -1.07. The minimum Gasteiger partial charge on any atom is -0.465 e. The van der Waals surface area contributed by atoms with Gasteiger partial charge >= 0.3 is 6.09 Å². The Labute approximate surface area is 116 Å². The van der Waals surface area contributed by atoms with Gasteiger partial charge in [-0.05, 0) is 31.0 Å². The number of rotatable bonds is 6. The molecule has 0 saturated heterocycles. The van der Waals surface area contributed by atoms with Gasteiger partial charge < -0.3 is 21.1 Å². The zero-order chi connectivity index (χ0) is 15.1. The van der Waals surface area contributed by atoms with Gasteiger partial charge in [0.25, 0.3) is 5.91 Å². The molecule has 0 heterocycles.